The minimum atomic E-state index is -4.75. The van der Waals surface area contributed by atoms with Crippen LogP contribution in [0.25, 0.3) is 0 Å². The highest BCUT2D eigenvalue weighted by molar-refractivity contribution is 7.80. The highest BCUT2D eigenvalue weighted by atomic mass is 32.1. The van der Waals surface area contributed by atoms with Crippen molar-refractivity contribution in [3.63, 3.8) is 0 Å². The van der Waals surface area contributed by atoms with Crippen molar-refractivity contribution < 1.29 is 22.4 Å². The van der Waals surface area contributed by atoms with Gasteiger partial charge in [0.25, 0.3) is 5.91 Å². The van der Waals surface area contributed by atoms with E-state index in [1.165, 1.54) is 0 Å². The zero-order valence-electron chi connectivity index (χ0n) is 8.64. The molecule has 0 spiro atoms. The Labute approximate surface area is 104 Å². The molecule has 3 nitrogen and oxygen atoms in total. The third-order valence-corrected chi connectivity index (χ3v) is 2.63. The monoisotopic (exact) mass is 278 g/mol. The predicted octanol–water partition coefficient (Wildman–Crippen LogP) is 1.89. The maximum absolute atomic E-state index is 12.9. The second-order valence-corrected chi connectivity index (χ2v) is 4.03. The van der Waals surface area contributed by atoms with Crippen molar-refractivity contribution in [2.75, 3.05) is 0 Å². The molecule has 1 fully saturated rings. The Hall–Kier alpha value is -1.70. The van der Waals surface area contributed by atoms with Gasteiger partial charge in [0, 0.05) is 0 Å². The summed E-state index contributed by atoms with van der Waals surface area (Å²) in [6.07, 6.45) is -4.75. The van der Waals surface area contributed by atoms with Crippen molar-refractivity contribution in [1.29, 1.82) is 0 Å². The van der Waals surface area contributed by atoms with Gasteiger partial charge < -0.3 is 10.6 Å². The van der Waals surface area contributed by atoms with E-state index in [9.17, 15) is 22.4 Å². The summed E-state index contributed by atoms with van der Waals surface area (Å²) in [6.45, 7) is 0. The zero-order valence-corrected chi connectivity index (χ0v) is 9.45. The van der Waals surface area contributed by atoms with Crippen LogP contribution in [0.2, 0.25) is 0 Å². The molecule has 1 saturated heterocycles. The van der Waals surface area contributed by atoms with Crippen LogP contribution in [0.4, 0.5) is 17.6 Å². The van der Waals surface area contributed by atoms with Crippen LogP contribution in [-0.4, -0.2) is 11.0 Å². The lowest BCUT2D eigenvalue weighted by Gasteiger charge is -2.16. The highest BCUT2D eigenvalue weighted by Crippen LogP contribution is 2.35. The normalized spacial score (nSPS) is 19.7. The Morgan fingerprint density at radius 1 is 1.28 bits per heavy atom. The van der Waals surface area contributed by atoms with Gasteiger partial charge in [0.1, 0.15) is 11.9 Å². The maximum atomic E-state index is 12.9. The highest BCUT2D eigenvalue weighted by Gasteiger charge is 2.39. The first-order valence-electron chi connectivity index (χ1n) is 4.77. The molecule has 1 aromatic carbocycles. The van der Waals surface area contributed by atoms with Crippen LogP contribution in [-0.2, 0) is 11.0 Å². The smallest absolute Gasteiger partial charge is 0.347 e. The van der Waals surface area contributed by atoms with Crippen molar-refractivity contribution >= 4 is 23.2 Å². The molecule has 96 valence electrons. The number of benzene rings is 1. The van der Waals surface area contributed by atoms with E-state index < -0.39 is 29.5 Å². The molecule has 1 aliphatic rings. The Morgan fingerprint density at radius 2 is 1.94 bits per heavy atom. The van der Waals surface area contributed by atoms with Gasteiger partial charge in [0.2, 0.25) is 0 Å². The number of hydrogen-bond donors (Lipinski definition) is 2. The van der Waals surface area contributed by atoms with E-state index in [0.717, 1.165) is 12.1 Å². The molecule has 0 saturated carbocycles. The summed E-state index contributed by atoms with van der Waals surface area (Å²) in [5, 5.41) is 4.53. The molecule has 1 heterocycles. The van der Waals surface area contributed by atoms with Gasteiger partial charge in [-0.1, -0.05) is 6.07 Å². The number of alkyl halides is 3. The first-order chi connectivity index (χ1) is 8.29. The summed E-state index contributed by atoms with van der Waals surface area (Å²) in [7, 11) is 0. The van der Waals surface area contributed by atoms with Crippen molar-refractivity contribution in [2.45, 2.75) is 12.2 Å². The molecular formula is C10H6F4N2OS. The minimum absolute atomic E-state index is 0.0533. The van der Waals surface area contributed by atoms with Gasteiger partial charge >= 0.3 is 6.18 Å². The largest absolute Gasteiger partial charge is 0.416 e. The molecule has 1 aliphatic heterocycles. The quantitative estimate of drug-likeness (QED) is 0.609. The summed E-state index contributed by atoms with van der Waals surface area (Å²) < 4.78 is 51.1. The molecule has 0 bridgehead atoms. The Balaban J connectivity index is 2.51. The molecule has 1 amide bonds. The number of halogens is 4. The van der Waals surface area contributed by atoms with Crippen LogP contribution in [0.15, 0.2) is 18.2 Å². The third-order valence-electron chi connectivity index (χ3n) is 2.41. The second-order valence-electron chi connectivity index (χ2n) is 3.63. The van der Waals surface area contributed by atoms with Crippen molar-refractivity contribution in [3.8, 4) is 0 Å². The molecule has 0 radical (unpaired) electrons. The molecule has 0 aliphatic carbocycles. The fraction of sp³-hybridized carbons (Fsp3) is 0.200. The average Bonchev–Trinajstić information content (AvgIpc) is 2.56. The molecule has 1 unspecified atom stereocenters. The lowest BCUT2D eigenvalue weighted by atomic mass is 10.00. The van der Waals surface area contributed by atoms with E-state index in [0.29, 0.717) is 6.07 Å². The van der Waals surface area contributed by atoms with Crippen LogP contribution in [0.1, 0.15) is 17.2 Å². The van der Waals surface area contributed by atoms with E-state index >= 15 is 0 Å². The van der Waals surface area contributed by atoms with Gasteiger partial charge in [-0.3, -0.25) is 4.79 Å². The Bertz CT molecular complexity index is 529. The van der Waals surface area contributed by atoms with Gasteiger partial charge in [0.05, 0.1) is 5.56 Å². The number of hydrogen-bond acceptors (Lipinski definition) is 2. The number of nitrogens with one attached hydrogen (secondary N) is 2. The Kier molecular flexibility index (Phi) is 2.97. The molecule has 2 rings (SSSR count). The molecule has 8 heteroatoms. The fourth-order valence-electron chi connectivity index (χ4n) is 1.66. The lowest BCUT2D eigenvalue weighted by Crippen LogP contribution is -2.23. The van der Waals surface area contributed by atoms with Crippen LogP contribution in [0, 0.1) is 5.82 Å². The zero-order chi connectivity index (χ0) is 13.5. The first kappa shape index (κ1) is 12.7. The van der Waals surface area contributed by atoms with Gasteiger partial charge in [-0.25, -0.2) is 4.39 Å². The van der Waals surface area contributed by atoms with Crippen LogP contribution in [0.5, 0.6) is 0 Å². The second kappa shape index (κ2) is 4.20. The summed E-state index contributed by atoms with van der Waals surface area (Å²) >= 11 is 4.64. The number of rotatable bonds is 1. The molecular weight excluding hydrogens is 272 g/mol. The number of thiocarbonyl (C=S) groups is 1. The number of carbonyl (C=O) groups is 1. The van der Waals surface area contributed by atoms with Crippen LogP contribution < -0.4 is 10.6 Å². The molecule has 1 aromatic rings. The maximum Gasteiger partial charge on any atom is 0.416 e. The first-order valence-corrected chi connectivity index (χ1v) is 5.18. The summed E-state index contributed by atoms with van der Waals surface area (Å²) in [6, 6.07) is 0.880. The fourth-order valence-corrected chi connectivity index (χ4v) is 1.88. The van der Waals surface area contributed by atoms with Crippen LogP contribution >= 0.6 is 12.2 Å². The Morgan fingerprint density at radius 3 is 2.44 bits per heavy atom. The molecule has 18 heavy (non-hydrogen) atoms. The van der Waals surface area contributed by atoms with Crippen molar-refractivity contribution in [2.24, 2.45) is 0 Å². The predicted molar refractivity (Wildman–Crippen MR) is 58.0 cm³/mol. The molecule has 0 aromatic heterocycles. The lowest BCUT2D eigenvalue weighted by molar-refractivity contribution is -0.138. The van der Waals surface area contributed by atoms with Gasteiger partial charge in [0.15, 0.2) is 5.11 Å². The molecule has 1 atom stereocenters. The van der Waals surface area contributed by atoms with Gasteiger partial charge in [-0.05, 0) is 29.9 Å². The van der Waals surface area contributed by atoms with Crippen molar-refractivity contribution in [1.82, 2.24) is 10.6 Å². The van der Waals surface area contributed by atoms with E-state index in [2.05, 4.69) is 22.9 Å². The minimum Gasteiger partial charge on any atom is -0.347 e. The van der Waals surface area contributed by atoms with Gasteiger partial charge in [-0.2, -0.15) is 13.2 Å². The average molecular weight is 278 g/mol. The van der Waals surface area contributed by atoms with E-state index in [1.54, 1.807) is 0 Å². The van der Waals surface area contributed by atoms with E-state index in [-0.39, 0.29) is 10.7 Å². The van der Waals surface area contributed by atoms with E-state index in [4.69, 9.17) is 0 Å². The van der Waals surface area contributed by atoms with E-state index in [1.807, 2.05) is 0 Å². The summed E-state index contributed by atoms with van der Waals surface area (Å²) in [4.78, 5) is 11.4. The number of amides is 1. The summed E-state index contributed by atoms with van der Waals surface area (Å²) in [5.41, 5.74) is -1.55. The van der Waals surface area contributed by atoms with Crippen LogP contribution in [0.3, 0.4) is 0 Å². The summed E-state index contributed by atoms with van der Waals surface area (Å²) in [5.74, 6) is -1.72. The molecule has 2 N–H and O–H groups in total. The topological polar surface area (TPSA) is 41.1 Å². The van der Waals surface area contributed by atoms with Gasteiger partial charge in [-0.15, -0.1) is 0 Å². The van der Waals surface area contributed by atoms with Crippen molar-refractivity contribution in [3.05, 3.63) is 35.1 Å². The third kappa shape index (κ3) is 2.28. The SMILES string of the molecule is O=C1NC(=S)NC1c1ccc(F)cc1C(F)(F)F. The standard InChI is InChI=1S/C10H6F4N2OS/c11-4-1-2-5(6(3-4)10(12,13)14)7-8(17)16-9(18)15-7/h1-3,7H,(H2,15,16,17,18). The number of carbonyl (C=O) groups excluding carboxylic acids is 1.